The van der Waals surface area contributed by atoms with Crippen LogP contribution in [-0.2, 0) is 0 Å². The standard InChI is InChI=1S/C13H9BrClNO3/c1-7-2-3-9(13(17)18)11(4-7)19-12-10(15)5-8(14)6-16-12/h2-6H,1H3,(H,17,18). The van der Waals surface area contributed by atoms with Crippen LogP contribution in [-0.4, -0.2) is 16.1 Å². The van der Waals surface area contributed by atoms with Crippen LogP contribution in [0.25, 0.3) is 0 Å². The molecule has 0 unspecified atom stereocenters. The number of rotatable bonds is 3. The molecule has 0 saturated carbocycles. The summed E-state index contributed by atoms with van der Waals surface area (Å²) >= 11 is 9.22. The molecule has 0 aliphatic heterocycles. The lowest BCUT2D eigenvalue weighted by Crippen LogP contribution is -2.01. The minimum atomic E-state index is -1.07. The summed E-state index contributed by atoms with van der Waals surface area (Å²) in [5.74, 6) is -0.689. The zero-order valence-electron chi connectivity index (χ0n) is 9.85. The molecular weight excluding hydrogens is 334 g/mol. The van der Waals surface area contributed by atoms with Crippen molar-refractivity contribution in [3.63, 3.8) is 0 Å². The van der Waals surface area contributed by atoms with Gasteiger partial charge in [-0.25, -0.2) is 9.78 Å². The summed E-state index contributed by atoms with van der Waals surface area (Å²) in [7, 11) is 0. The van der Waals surface area contributed by atoms with Crippen LogP contribution in [0.5, 0.6) is 11.6 Å². The first kappa shape index (κ1) is 13.8. The lowest BCUT2D eigenvalue weighted by Gasteiger charge is -2.10. The highest BCUT2D eigenvalue weighted by atomic mass is 79.9. The van der Waals surface area contributed by atoms with Gasteiger partial charge in [-0.15, -0.1) is 0 Å². The molecule has 19 heavy (non-hydrogen) atoms. The predicted molar refractivity (Wildman–Crippen MR) is 75.2 cm³/mol. The molecule has 6 heteroatoms. The number of benzene rings is 1. The van der Waals surface area contributed by atoms with Gasteiger partial charge in [0, 0.05) is 10.7 Å². The fourth-order valence-electron chi connectivity index (χ4n) is 1.47. The molecule has 0 spiro atoms. The Hall–Kier alpha value is -1.59. The Morgan fingerprint density at radius 1 is 1.42 bits per heavy atom. The third kappa shape index (κ3) is 3.24. The van der Waals surface area contributed by atoms with Crippen molar-refractivity contribution >= 4 is 33.5 Å². The van der Waals surface area contributed by atoms with E-state index in [2.05, 4.69) is 20.9 Å². The first-order chi connectivity index (χ1) is 8.97. The average molecular weight is 343 g/mol. The van der Waals surface area contributed by atoms with Crippen LogP contribution in [0.2, 0.25) is 5.02 Å². The Morgan fingerprint density at radius 3 is 2.79 bits per heavy atom. The van der Waals surface area contributed by atoms with Crippen molar-refractivity contribution in [3.8, 4) is 11.6 Å². The summed E-state index contributed by atoms with van der Waals surface area (Å²) in [5.41, 5.74) is 0.944. The maximum Gasteiger partial charge on any atom is 0.339 e. The molecule has 0 atom stereocenters. The molecule has 0 bridgehead atoms. The summed E-state index contributed by atoms with van der Waals surface area (Å²) in [6.07, 6.45) is 1.53. The highest BCUT2D eigenvalue weighted by Crippen LogP contribution is 2.31. The van der Waals surface area contributed by atoms with E-state index in [1.165, 1.54) is 12.3 Å². The molecule has 0 saturated heterocycles. The molecule has 0 aliphatic rings. The van der Waals surface area contributed by atoms with Gasteiger partial charge >= 0.3 is 5.97 Å². The molecular formula is C13H9BrClNO3. The van der Waals surface area contributed by atoms with Gasteiger partial charge in [0.25, 0.3) is 0 Å². The number of pyridine rings is 1. The van der Waals surface area contributed by atoms with Crippen molar-refractivity contribution in [2.24, 2.45) is 0 Å². The van der Waals surface area contributed by atoms with Gasteiger partial charge in [-0.2, -0.15) is 0 Å². The van der Waals surface area contributed by atoms with Crippen molar-refractivity contribution in [3.05, 3.63) is 51.1 Å². The summed E-state index contributed by atoms with van der Waals surface area (Å²) in [4.78, 5) is 15.1. The monoisotopic (exact) mass is 341 g/mol. The maximum absolute atomic E-state index is 11.1. The number of hydrogen-bond acceptors (Lipinski definition) is 3. The van der Waals surface area contributed by atoms with Crippen LogP contribution >= 0.6 is 27.5 Å². The number of carboxylic acids is 1. The van der Waals surface area contributed by atoms with Crippen molar-refractivity contribution in [1.29, 1.82) is 0 Å². The largest absolute Gasteiger partial charge is 0.478 e. The number of aryl methyl sites for hydroxylation is 1. The summed E-state index contributed by atoms with van der Waals surface area (Å²) in [5, 5.41) is 9.41. The van der Waals surface area contributed by atoms with Crippen LogP contribution in [0.1, 0.15) is 15.9 Å². The zero-order valence-corrected chi connectivity index (χ0v) is 12.2. The number of aromatic nitrogens is 1. The molecule has 1 N–H and O–H groups in total. The quantitative estimate of drug-likeness (QED) is 0.903. The molecule has 2 rings (SSSR count). The Balaban J connectivity index is 2.42. The molecule has 4 nitrogen and oxygen atoms in total. The summed E-state index contributed by atoms with van der Waals surface area (Å²) < 4.78 is 6.21. The molecule has 0 fully saturated rings. The molecule has 98 valence electrons. The summed E-state index contributed by atoms with van der Waals surface area (Å²) in [6.45, 7) is 1.84. The van der Waals surface area contributed by atoms with Crippen LogP contribution in [0.15, 0.2) is 34.9 Å². The van der Waals surface area contributed by atoms with Crippen molar-refractivity contribution < 1.29 is 14.6 Å². The van der Waals surface area contributed by atoms with E-state index < -0.39 is 5.97 Å². The van der Waals surface area contributed by atoms with E-state index in [4.69, 9.17) is 21.4 Å². The lowest BCUT2D eigenvalue weighted by molar-refractivity contribution is 0.0694. The van der Waals surface area contributed by atoms with E-state index in [0.29, 0.717) is 9.50 Å². The third-order valence-electron chi connectivity index (χ3n) is 2.35. The third-order valence-corrected chi connectivity index (χ3v) is 3.05. The number of hydrogen-bond donors (Lipinski definition) is 1. The van der Waals surface area contributed by atoms with Gasteiger partial charge in [-0.3, -0.25) is 0 Å². The van der Waals surface area contributed by atoms with Gasteiger partial charge in [-0.05, 0) is 46.6 Å². The number of carbonyl (C=O) groups is 1. The Bertz CT molecular complexity index is 646. The fourth-order valence-corrected chi connectivity index (χ4v) is 2.14. The average Bonchev–Trinajstić information content (AvgIpc) is 2.32. The van der Waals surface area contributed by atoms with Crippen molar-refractivity contribution in [2.75, 3.05) is 0 Å². The molecule has 1 aromatic carbocycles. The number of nitrogens with zero attached hydrogens (tertiary/aromatic N) is 1. The first-order valence-electron chi connectivity index (χ1n) is 5.30. The number of aromatic carboxylic acids is 1. The lowest BCUT2D eigenvalue weighted by atomic mass is 10.1. The Morgan fingerprint density at radius 2 is 2.16 bits per heavy atom. The zero-order chi connectivity index (χ0) is 14.0. The molecule has 1 heterocycles. The van der Waals surface area contributed by atoms with Crippen LogP contribution in [0.4, 0.5) is 0 Å². The van der Waals surface area contributed by atoms with E-state index in [9.17, 15) is 4.79 Å². The van der Waals surface area contributed by atoms with E-state index >= 15 is 0 Å². The highest BCUT2D eigenvalue weighted by Gasteiger charge is 2.14. The summed E-state index contributed by atoms with van der Waals surface area (Å²) in [6, 6.07) is 6.44. The molecule has 1 aromatic heterocycles. The minimum absolute atomic E-state index is 0.0615. The molecule has 0 amide bonds. The topological polar surface area (TPSA) is 59.4 Å². The highest BCUT2D eigenvalue weighted by molar-refractivity contribution is 9.10. The second-order valence-electron chi connectivity index (χ2n) is 3.85. The van der Waals surface area contributed by atoms with Crippen LogP contribution < -0.4 is 4.74 Å². The van der Waals surface area contributed by atoms with Crippen LogP contribution in [0, 0.1) is 6.92 Å². The Labute approximate surface area is 123 Å². The smallest absolute Gasteiger partial charge is 0.339 e. The van der Waals surface area contributed by atoms with E-state index in [1.54, 1.807) is 18.2 Å². The normalized spacial score (nSPS) is 10.3. The van der Waals surface area contributed by atoms with Gasteiger partial charge in [-0.1, -0.05) is 17.7 Å². The minimum Gasteiger partial charge on any atom is -0.478 e. The first-order valence-corrected chi connectivity index (χ1v) is 6.47. The molecule has 0 radical (unpaired) electrons. The number of ether oxygens (including phenoxy) is 1. The second kappa shape index (κ2) is 5.59. The van der Waals surface area contributed by atoms with Gasteiger partial charge < -0.3 is 9.84 Å². The Kier molecular flexibility index (Phi) is 4.07. The number of halogens is 2. The van der Waals surface area contributed by atoms with Crippen LogP contribution in [0.3, 0.4) is 0 Å². The van der Waals surface area contributed by atoms with Gasteiger partial charge in [0.15, 0.2) is 0 Å². The predicted octanol–water partition coefficient (Wildman–Crippen LogP) is 4.30. The van der Waals surface area contributed by atoms with E-state index in [-0.39, 0.29) is 17.2 Å². The van der Waals surface area contributed by atoms with Crippen molar-refractivity contribution in [1.82, 2.24) is 4.98 Å². The maximum atomic E-state index is 11.1. The fraction of sp³-hybridized carbons (Fsp3) is 0.0769. The van der Waals surface area contributed by atoms with Crippen molar-refractivity contribution in [2.45, 2.75) is 6.92 Å². The van der Waals surface area contributed by atoms with Gasteiger partial charge in [0.2, 0.25) is 5.88 Å². The second-order valence-corrected chi connectivity index (χ2v) is 5.17. The SMILES string of the molecule is Cc1ccc(C(=O)O)c(Oc2ncc(Br)cc2Cl)c1. The molecule has 0 aliphatic carbocycles. The van der Waals surface area contributed by atoms with E-state index in [1.807, 2.05) is 6.92 Å². The number of carboxylic acid groups (broad SMARTS) is 1. The molecule has 2 aromatic rings. The van der Waals surface area contributed by atoms with E-state index in [0.717, 1.165) is 5.56 Å². The van der Waals surface area contributed by atoms with Gasteiger partial charge in [0.05, 0.1) is 0 Å². The van der Waals surface area contributed by atoms with Gasteiger partial charge in [0.1, 0.15) is 16.3 Å².